The van der Waals surface area contributed by atoms with Crippen molar-refractivity contribution in [2.45, 2.75) is 143 Å². The van der Waals surface area contributed by atoms with E-state index in [1.807, 2.05) is 55.4 Å². The minimum atomic E-state index is -0.803. The molecule has 0 radical (unpaired) electrons. The second-order valence-corrected chi connectivity index (χ2v) is 13.6. The molecular formula is C30H52N2O10+2. The summed E-state index contributed by atoms with van der Waals surface area (Å²) in [6.07, 6.45) is 2.84. The van der Waals surface area contributed by atoms with E-state index in [2.05, 4.69) is 0 Å². The summed E-state index contributed by atoms with van der Waals surface area (Å²) in [5.74, 6) is -2.36. The number of esters is 2. The van der Waals surface area contributed by atoms with Crippen LogP contribution in [0.15, 0.2) is 12.2 Å². The van der Waals surface area contributed by atoms with Crippen LogP contribution in [0.4, 0.5) is 0 Å². The van der Waals surface area contributed by atoms with Gasteiger partial charge in [-0.1, -0.05) is 0 Å². The molecule has 2 saturated heterocycles. The van der Waals surface area contributed by atoms with Crippen LogP contribution in [-0.2, 0) is 48.0 Å². The highest BCUT2D eigenvalue weighted by Crippen LogP contribution is 2.49. The molecule has 0 amide bonds. The fraction of sp³-hybridized carbons (Fsp3) is 0.800. The molecule has 0 atom stereocenters. The van der Waals surface area contributed by atoms with Gasteiger partial charge in [0.2, 0.25) is 0 Å². The Labute approximate surface area is 250 Å². The summed E-state index contributed by atoms with van der Waals surface area (Å²) in [4.78, 5) is 73.1. The maximum Gasteiger partial charge on any atom is 0.395 e. The first-order valence-electron chi connectivity index (χ1n) is 14.7. The summed E-state index contributed by atoms with van der Waals surface area (Å²) < 4.78 is 11.0. The number of hydroxylamine groups is 8. The van der Waals surface area contributed by atoms with Gasteiger partial charge in [-0.05, 0) is 69.2 Å². The van der Waals surface area contributed by atoms with Gasteiger partial charge in [0.05, 0.1) is 0 Å². The highest BCUT2D eigenvalue weighted by molar-refractivity contribution is 5.91. The summed E-state index contributed by atoms with van der Waals surface area (Å²) >= 11 is 0. The highest BCUT2D eigenvalue weighted by Gasteiger charge is 2.68. The molecule has 0 aromatic heterocycles. The van der Waals surface area contributed by atoms with E-state index in [9.17, 15) is 19.2 Å². The number of ether oxygens (including phenoxy) is 2. The summed E-state index contributed by atoms with van der Waals surface area (Å²) in [7, 11) is 0. The van der Waals surface area contributed by atoms with Crippen LogP contribution >= 0.6 is 0 Å². The normalized spacial score (nSPS) is 31.1. The Hall–Kier alpha value is -2.54. The van der Waals surface area contributed by atoms with Crippen LogP contribution in [-0.4, -0.2) is 81.1 Å². The molecule has 2 aliphatic heterocycles. The topological polar surface area (TPSA) is 124 Å². The first kappa shape index (κ1) is 35.7. The van der Waals surface area contributed by atoms with Gasteiger partial charge in [-0.3, -0.25) is 9.59 Å². The van der Waals surface area contributed by atoms with Crippen molar-refractivity contribution in [3.63, 3.8) is 0 Å². The van der Waals surface area contributed by atoms with E-state index in [0.29, 0.717) is 25.7 Å². The van der Waals surface area contributed by atoms with Crippen molar-refractivity contribution in [3.05, 3.63) is 12.2 Å². The van der Waals surface area contributed by atoms with E-state index in [0.717, 1.165) is 12.2 Å². The number of hydrogen-bond acceptors (Lipinski definition) is 10. The Kier molecular flexibility index (Phi) is 10.7. The molecule has 0 unspecified atom stereocenters. The quantitative estimate of drug-likeness (QED) is 0.200. The van der Waals surface area contributed by atoms with E-state index in [4.69, 9.17) is 28.8 Å². The monoisotopic (exact) mass is 600 g/mol. The molecule has 0 aromatic carbocycles. The van der Waals surface area contributed by atoms with Gasteiger partial charge in [0.1, 0.15) is 25.4 Å². The van der Waals surface area contributed by atoms with Crippen LogP contribution in [0.3, 0.4) is 0 Å². The van der Waals surface area contributed by atoms with E-state index in [1.54, 1.807) is 13.8 Å². The molecule has 2 aliphatic rings. The van der Waals surface area contributed by atoms with E-state index in [1.165, 1.54) is 13.8 Å². The molecule has 0 aromatic rings. The molecule has 240 valence electrons. The van der Waals surface area contributed by atoms with Crippen molar-refractivity contribution < 1.29 is 57.6 Å². The van der Waals surface area contributed by atoms with Crippen LogP contribution in [0.5, 0.6) is 0 Å². The van der Waals surface area contributed by atoms with Crippen molar-refractivity contribution >= 4 is 23.9 Å². The SMILES string of the molecule is CCO[N+]1(OC(=O)/C=C\C(=O)O[N+]2(OCC)C(C)(C)CC(OC(C)=O)CC2(C)C)C(C)(C)CC(OC(C)=O)CC1(C)C. The van der Waals surface area contributed by atoms with Gasteiger partial charge < -0.3 is 9.47 Å². The molecule has 0 spiro atoms. The van der Waals surface area contributed by atoms with Gasteiger partial charge in [0.25, 0.3) is 0 Å². The molecule has 0 N–H and O–H groups in total. The zero-order chi connectivity index (χ0) is 32.4. The Morgan fingerprint density at radius 2 is 0.857 bits per heavy atom. The Balaban J connectivity index is 2.32. The van der Waals surface area contributed by atoms with Gasteiger partial charge in [0, 0.05) is 61.3 Å². The fourth-order valence-corrected chi connectivity index (χ4v) is 7.19. The maximum atomic E-state index is 13.2. The van der Waals surface area contributed by atoms with Gasteiger partial charge in [-0.15, -0.1) is 0 Å². The van der Waals surface area contributed by atoms with Crippen LogP contribution in [0.25, 0.3) is 0 Å². The second kappa shape index (κ2) is 12.6. The molecule has 0 aliphatic carbocycles. The second-order valence-electron chi connectivity index (χ2n) is 13.6. The number of carbonyl (C=O) groups is 4. The molecule has 0 saturated carbocycles. The lowest BCUT2D eigenvalue weighted by Gasteiger charge is -2.55. The van der Waals surface area contributed by atoms with Crippen molar-refractivity contribution in [3.8, 4) is 0 Å². The molecule has 12 nitrogen and oxygen atoms in total. The molecule has 42 heavy (non-hydrogen) atoms. The van der Waals surface area contributed by atoms with Gasteiger partial charge >= 0.3 is 23.9 Å². The minimum absolute atomic E-state index is 0.247. The highest BCUT2D eigenvalue weighted by atomic mass is 17.0. The molecule has 2 fully saturated rings. The lowest BCUT2D eigenvalue weighted by atomic mass is 9.79. The van der Waals surface area contributed by atoms with Crippen LogP contribution in [0.2, 0.25) is 0 Å². The van der Waals surface area contributed by atoms with Gasteiger partial charge in [-0.2, -0.15) is 9.68 Å². The number of carbonyl (C=O) groups excluding carboxylic acids is 4. The third-order valence-electron chi connectivity index (χ3n) is 8.18. The van der Waals surface area contributed by atoms with Crippen LogP contribution in [0, 0.1) is 0 Å². The number of piperidine rings is 2. The molecule has 12 heteroatoms. The summed E-state index contributed by atoms with van der Waals surface area (Å²) in [5.41, 5.74) is -3.20. The van der Waals surface area contributed by atoms with Crippen LogP contribution < -0.4 is 0 Å². The lowest BCUT2D eigenvalue weighted by molar-refractivity contribution is -1.29. The molecule has 2 rings (SSSR count). The van der Waals surface area contributed by atoms with E-state index in [-0.39, 0.29) is 37.4 Å². The van der Waals surface area contributed by atoms with E-state index < -0.39 is 43.7 Å². The maximum absolute atomic E-state index is 13.2. The summed E-state index contributed by atoms with van der Waals surface area (Å²) in [6.45, 7) is 21.9. The standard InChI is InChI=1S/C30H52N2O10/c1-13-37-31(27(5,6)17-23(39-21(3)33)18-28(31,7)8)41-25(35)15-16-26(36)42-32(38-14-2)29(9,10)19-24(40-22(4)34)20-30(32,11)12/h15-16,23-24H,13-14,17-20H2,1-12H3/q+2/b16-15-. The predicted octanol–water partition coefficient (Wildman–Crippen LogP) is 4.56. The molecule has 0 bridgehead atoms. The average Bonchev–Trinajstić information content (AvgIpc) is 2.78. The lowest BCUT2D eigenvalue weighted by Crippen LogP contribution is -2.75. The summed E-state index contributed by atoms with van der Waals surface area (Å²) in [5, 5.41) is 0. The Morgan fingerprint density at radius 1 is 0.595 bits per heavy atom. The van der Waals surface area contributed by atoms with Crippen molar-refractivity contribution in [2.75, 3.05) is 13.2 Å². The molecule has 2 heterocycles. The number of hydrogen-bond donors (Lipinski definition) is 0. The predicted molar refractivity (Wildman–Crippen MR) is 151 cm³/mol. The summed E-state index contributed by atoms with van der Waals surface area (Å²) in [6, 6.07) is 0. The number of nitrogens with zero attached hydrogens (tertiary/aromatic N) is 2. The Bertz CT molecular complexity index is 944. The van der Waals surface area contributed by atoms with Gasteiger partial charge in [0.15, 0.2) is 22.2 Å². The zero-order valence-electron chi connectivity index (χ0n) is 27.5. The first-order chi connectivity index (χ1) is 19.1. The van der Waals surface area contributed by atoms with Crippen LogP contribution in [0.1, 0.15) is 109 Å². The average molecular weight is 601 g/mol. The van der Waals surface area contributed by atoms with Crippen molar-refractivity contribution in [2.24, 2.45) is 0 Å². The molecular weight excluding hydrogens is 548 g/mol. The number of rotatable bonds is 10. The third-order valence-corrected chi connectivity index (χ3v) is 8.18. The first-order valence-corrected chi connectivity index (χ1v) is 14.7. The van der Waals surface area contributed by atoms with Gasteiger partial charge in [-0.25, -0.2) is 19.3 Å². The Morgan fingerprint density at radius 3 is 1.07 bits per heavy atom. The zero-order valence-corrected chi connectivity index (χ0v) is 27.5. The fourth-order valence-electron chi connectivity index (χ4n) is 7.19. The van der Waals surface area contributed by atoms with Crippen molar-refractivity contribution in [1.82, 2.24) is 0 Å². The number of quaternary nitrogens is 2. The smallest absolute Gasteiger partial charge is 0.395 e. The minimum Gasteiger partial charge on any atom is -0.462 e. The largest absolute Gasteiger partial charge is 0.462 e. The van der Waals surface area contributed by atoms with E-state index >= 15 is 0 Å². The van der Waals surface area contributed by atoms with Crippen molar-refractivity contribution in [1.29, 1.82) is 0 Å². The third kappa shape index (κ3) is 6.98.